The molecule has 1 aromatic heterocycles. The maximum Gasteiger partial charge on any atom is 0.336 e. The number of rotatable bonds is 2. The number of carboxylic acids is 1. The number of hydrogen-bond donors (Lipinski definition) is 1. The molecule has 0 spiro atoms. The standard InChI is InChI=1S/C14H17NO2/c1-8(2)15-10(4)9(3)13-11(14(16)17)6-5-7-12(13)15/h5-8H,1-4H3,(H,16,17). The zero-order valence-electron chi connectivity index (χ0n) is 10.6. The van der Waals surface area contributed by atoms with Crippen LogP contribution in [0.15, 0.2) is 18.2 Å². The van der Waals surface area contributed by atoms with E-state index in [4.69, 9.17) is 0 Å². The monoisotopic (exact) mass is 231 g/mol. The minimum Gasteiger partial charge on any atom is -0.478 e. The molecule has 3 nitrogen and oxygen atoms in total. The van der Waals surface area contributed by atoms with Crippen molar-refractivity contribution in [2.45, 2.75) is 33.7 Å². The lowest BCUT2D eigenvalue weighted by atomic mass is 10.1. The van der Waals surface area contributed by atoms with Crippen molar-refractivity contribution in [1.29, 1.82) is 0 Å². The minimum absolute atomic E-state index is 0.329. The van der Waals surface area contributed by atoms with Crippen molar-refractivity contribution in [2.24, 2.45) is 0 Å². The van der Waals surface area contributed by atoms with Gasteiger partial charge in [-0.3, -0.25) is 0 Å². The van der Waals surface area contributed by atoms with E-state index in [-0.39, 0.29) is 0 Å². The molecular weight excluding hydrogens is 214 g/mol. The van der Waals surface area contributed by atoms with Crippen LogP contribution < -0.4 is 0 Å². The number of carbonyl (C=O) groups is 1. The maximum absolute atomic E-state index is 11.2. The summed E-state index contributed by atoms with van der Waals surface area (Å²) in [5.74, 6) is -0.861. The Balaban J connectivity index is 2.94. The molecule has 90 valence electrons. The van der Waals surface area contributed by atoms with Crippen LogP contribution in [0.25, 0.3) is 10.9 Å². The number of fused-ring (bicyclic) bond motifs is 1. The van der Waals surface area contributed by atoms with Gasteiger partial charge in [-0.2, -0.15) is 0 Å². The molecule has 0 unspecified atom stereocenters. The zero-order valence-corrected chi connectivity index (χ0v) is 10.6. The van der Waals surface area contributed by atoms with E-state index >= 15 is 0 Å². The summed E-state index contributed by atoms with van der Waals surface area (Å²) in [7, 11) is 0. The van der Waals surface area contributed by atoms with Crippen LogP contribution in [0.4, 0.5) is 0 Å². The highest BCUT2D eigenvalue weighted by molar-refractivity contribution is 6.05. The van der Waals surface area contributed by atoms with Crippen molar-refractivity contribution in [2.75, 3.05) is 0 Å². The molecule has 0 aliphatic carbocycles. The van der Waals surface area contributed by atoms with Gasteiger partial charge in [0.15, 0.2) is 0 Å². The van der Waals surface area contributed by atoms with Crippen molar-refractivity contribution >= 4 is 16.9 Å². The summed E-state index contributed by atoms with van der Waals surface area (Å²) in [4.78, 5) is 11.2. The number of aromatic carboxylic acids is 1. The quantitative estimate of drug-likeness (QED) is 0.859. The largest absolute Gasteiger partial charge is 0.478 e. The van der Waals surface area contributed by atoms with Crippen molar-refractivity contribution in [3.63, 3.8) is 0 Å². The summed E-state index contributed by atoms with van der Waals surface area (Å²) >= 11 is 0. The van der Waals surface area contributed by atoms with E-state index in [1.807, 2.05) is 26.0 Å². The average Bonchev–Trinajstić information content (AvgIpc) is 2.51. The summed E-state index contributed by atoms with van der Waals surface area (Å²) in [5, 5.41) is 10.1. The first-order valence-corrected chi connectivity index (χ1v) is 5.78. The number of nitrogens with zero attached hydrogens (tertiary/aromatic N) is 1. The summed E-state index contributed by atoms with van der Waals surface area (Å²) in [6.07, 6.45) is 0. The van der Waals surface area contributed by atoms with Crippen LogP contribution in [-0.2, 0) is 0 Å². The molecule has 3 heteroatoms. The molecule has 1 heterocycles. The van der Waals surface area contributed by atoms with Crippen LogP contribution in [0.5, 0.6) is 0 Å². The lowest BCUT2D eigenvalue weighted by Crippen LogP contribution is -2.03. The Morgan fingerprint density at radius 2 is 1.94 bits per heavy atom. The molecule has 0 aliphatic rings. The third-order valence-electron chi connectivity index (χ3n) is 3.33. The first-order valence-electron chi connectivity index (χ1n) is 5.78. The molecule has 0 aliphatic heterocycles. The van der Waals surface area contributed by atoms with Crippen LogP contribution in [0.1, 0.15) is 41.5 Å². The van der Waals surface area contributed by atoms with Crippen molar-refractivity contribution in [3.8, 4) is 0 Å². The summed E-state index contributed by atoms with van der Waals surface area (Å²) in [6, 6.07) is 5.79. The second-order valence-electron chi connectivity index (χ2n) is 4.68. The van der Waals surface area contributed by atoms with Gasteiger partial charge in [0, 0.05) is 22.6 Å². The molecule has 0 bridgehead atoms. The molecule has 17 heavy (non-hydrogen) atoms. The summed E-state index contributed by atoms with van der Waals surface area (Å²) < 4.78 is 2.19. The fourth-order valence-corrected chi connectivity index (χ4v) is 2.52. The number of aryl methyl sites for hydroxylation is 1. The van der Waals surface area contributed by atoms with Gasteiger partial charge in [-0.15, -0.1) is 0 Å². The van der Waals surface area contributed by atoms with Crippen molar-refractivity contribution in [1.82, 2.24) is 4.57 Å². The first kappa shape index (κ1) is 11.7. The Labute approximate surface area is 101 Å². The SMILES string of the molecule is Cc1c(C)n(C(C)C)c2cccc(C(=O)O)c12. The molecule has 2 aromatic rings. The zero-order chi connectivity index (χ0) is 12.7. The number of hydrogen-bond acceptors (Lipinski definition) is 1. The minimum atomic E-state index is -0.861. The molecule has 0 saturated carbocycles. The Morgan fingerprint density at radius 3 is 2.47 bits per heavy atom. The summed E-state index contributed by atoms with van der Waals surface area (Å²) in [6.45, 7) is 8.25. The lowest BCUT2D eigenvalue weighted by Gasteiger charge is -2.12. The topological polar surface area (TPSA) is 42.2 Å². The molecule has 1 N–H and O–H groups in total. The lowest BCUT2D eigenvalue weighted by molar-refractivity contribution is 0.0699. The summed E-state index contributed by atoms with van der Waals surface area (Å²) in [5.41, 5.74) is 3.60. The molecule has 0 atom stereocenters. The smallest absolute Gasteiger partial charge is 0.336 e. The van der Waals surface area contributed by atoms with Gasteiger partial charge in [0.05, 0.1) is 5.56 Å². The van der Waals surface area contributed by atoms with E-state index in [1.54, 1.807) is 6.07 Å². The van der Waals surface area contributed by atoms with Crippen LogP contribution in [0.3, 0.4) is 0 Å². The van der Waals surface area contributed by atoms with Gasteiger partial charge in [0.2, 0.25) is 0 Å². The van der Waals surface area contributed by atoms with Crippen LogP contribution >= 0.6 is 0 Å². The van der Waals surface area contributed by atoms with Gasteiger partial charge in [-0.25, -0.2) is 4.79 Å². The van der Waals surface area contributed by atoms with Gasteiger partial charge >= 0.3 is 5.97 Å². The van der Waals surface area contributed by atoms with Gasteiger partial charge < -0.3 is 9.67 Å². The average molecular weight is 231 g/mol. The predicted octanol–water partition coefficient (Wildman–Crippen LogP) is 3.54. The van der Waals surface area contributed by atoms with Crippen LogP contribution in [0, 0.1) is 13.8 Å². The highest BCUT2D eigenvalue weighted by Gasteiger charge is 2.18. The van der Waals surface area contributed by atoms with E-state index in [0.717, 1.165) is 22.2 Å². The molecular formula is C14H17NO2. The highest BCUT2D eigenvalue weighted by Crippen LogP contribution is 2.30. The van der Waals surface area contributed by atoms with Gasteiger partial charge in [-0.1, -0.05) is 6.07 Å². The molecule has 0 fully saturated rings. The third kappa shape index (κ3) is 1.62. The van der Waals surface area contributed by atoms with Crippen molar-refractivity contribution < 1.29 is 9.90 Å². The molecule has 1 aromatic carbocycles. The van der Waals surface area contributed by atoms with Gasteiger partial charge in [0.1, 0.15) is 0 Å². The molecule has 0 radical (unpaired) electrons. The second-order valence-corrected chi connectivity index (χ2v) is 4.68. The van der Waals surface area contributed by atoms with E-state index in [2.05, 4.69) is 18.4 Å². The molecule has 0 amide bonds. The van der Waals surface area contributed by atoms with E-state index in [0.29, 0.717) is 11.6 Å². The fraction of sp³-hybridized carbons (Fsp3) is 0.357. The maximum atomic E-state index is 11.2. The first-order chi connectivity index (χ1) is 7.95. The van der Waals surface area contributed by atoms with E-state index in [1.165, 1.54) is 0 Å². The van der Waals surface area contributed by atoms with Gasteiger partial charge in [-0.05, 0) is 45.4 Å². The Morgan fingerprint density at radius 1 is 1.29 bits per heavy atom. The number of carboxylic acid groups (broad SMARTS) is 1. The number of benzene rings is 1. The predicted molar refractivity (Wildman–Crippen MR) is 68.8 cm³/mol. The third-order valence-corrected chi connectivity index (χ3v) is 3.33. The molecule has 0 saturated heterocycles. The molecule has 2 rings (SSSR count). The highest BCUT2D eigenvalue weighted by atomic mass is 16.4. The number of aromatic nitrogens is 1. The Bertz CT molecular complexity index is 594. The van der Waals surface area contributed by atoms with Crippen molar-refractivity contribution in [3.05, 3.63) is 35.0 Å². The van der Waals surface area contributed by atoms with Gasteiger partial charge in [0.25, 0.3) is 0 Å². The van der Waals surface area contributed by atoms with E-state index in [9.17, 15) is 9.90 Å². The Hall–Kier alpha value is -1.77. The fourth-order valence-electron chi connectivity index (χ4n) is 2.52. The second kappa shape index (κ2) is 3.91. The van der Waals surface area contributed by atoms with Crippen LogP contribution in [0.2, 0.25) is 0 Å². The normalized spacial score (nSPS) is 11.4. The van der Waals surface area contributed by atoms with E-state index < -0.39 is 5.97 Å². The van der Waals surface area contributed by atoms with Crippen LogP contribution in [-0.4, -0.2) is 15.6 Å². The Kier molecular flexibility index (Phi) is 2.69.